The Morgan fingerprint density at radius 3 is 2.46 bits per heavy atom. The monoisotopic (exact) mass is 364 g/mol. The number of nitrogens with zero attached hydrogens (tertiary/aromatic N) is 2. The molecule has 0 aromatic heterocycles. The first-order valence-electron chi connectivity index (χ1n) is 9.57. The van der Waals surface area contributed by atoms with Gasteiger partial charge in [-0.2, -0.15) is 0 Å². The Morgan fingerprint density at radius 2 is 1.96 bits per heavy atom. The van der Waals surface area contributed by atoms with E-state index in [1.54, 1.807) is 12.1 Å². The van der Waals surface area contributed by atoms with Gasteiger partial charge in [-0.25, -0.2) is 4.39 Å². The Labute approximate surface area is 156 Å². The topological polar surface area (TPSA) is 61.6 Å². The van der Waals surface area contributed by atoms with Gasteiger partial charge in [-0.3, -0.25) is 4.79 Å². The zero-order chi connectivity index (χ0) is 19.3. The molecule has 1 aliphatic rings. The minimum Gasteiger partial charge on any atom is -0.367 e. The van der Waals surface area contributed by atoms with Crippen molar-refractivity contribution in [2.75, 3.05) is 44.2 Å². The van der Waals surface area contributed by atoms with Crippen LogP contribution in [-0.4, -0.2) is 55.6 Å². The van der Waals surface area contributed by atoms with E-state index in [0.29, 0.717) is 23.7 Å². The molecule has 1 aromatic rings. The van der Waals surface area contributed by atoms with Crippen LogP contribution in [0.25, 0.3) is 0 Å². The van der Waals surface area contributed by atoms with Crippen molar-refractivity contribution in [1.29, 1.82) is 0 Å². The Hall–Kier alpha value is -1.66. The van der Waals surface area contributed by atoms with Gasteiger partial charge < -0.3 is 20.9 Å². The van der Waals surface area contributed by atoms with E-state index in [-0.39, 0.29) is 11.7 Å². The average molecular weight is 365 g/mol. The Kier molecular flexibility index (Phi) is 7.01. The van der Waals surface area contributed by atoms with E-state index in [2.05, 4.69) is 31.0 Å². The third-order valence-electron chi connectivity index (χ3n) is 5.09. The first-order valence-corrected chi connectivity index (χ1v) is 9.57. The van der Waals surface area contributed by atoms with E-state index in [4.69, 9.17) is 5.73 Å². The number of rotatable bonds is 7. The summed E-state index contributed by atoms with van der Waals surface area (Å²) in [6, 6.07) is 4.75. The summed E-state index contributed by atoms with van der Waals surface area (Å²) in [5.74, 6) is -0.217. The number of halogens is 1. The summed E-state index contributed by atoms with van der Waals surface area (Å²) in [5, 5.41) is 2.98. The van der Waals surface area contributed by atoms with E-state index < -0.39 is 5.54 Å². The highest BCUT2D eigenvalue weighted by Gasteiger charge is 2.27. The van der Waals surface area contributed by atoms with E-state index in [0.717, 1.165) is 39.1 Å². The molecule has 26 heavy (non-hydrogen) atoms. The standard InChI is InChI=1S/C20H33FN4O/c1-5-24-8-10-25(11-9-24)18-7-6-16(12-17(18)21)19(26)23-20(4,14-22)13-15(2)3/h6-7,12,15H,5,8-11,13-14,22H2,1-4H3,(H,23,26). The van der Waals surface area contributed by atoms with E-state index in [1.807, 2.05) is 11.8 Å². The Morgan fingerprint density at radius 1 is 1.31 bits per heavy atom. The largest absolute Gasteiger partial charge is 0.367 e. The van der Waals surface area contributed by atoms with Gasteiger partial charge in [0.1, 0.15) is 5.82 Å². The molecule has 146 valence electrons. The van der Waals surface area contributed by atoms with Gasteiger partial charge in [0.25, 0.3) is 5.91 Å². The zero-order valence-corrected chi connectivity index (χ0v) is 16.5. The number of piperazine rings is 1. The molecule has 1 atom stereocenters. The van der Waals surface area contributed by atoms with Crippen molar-refractivity contribution in [2.45, 2.75) is 39.7 Å². The molecule has 0 radical (unpaired) electrons. The molecule has 1 aliphatic heterocycles. The van der Waals surface area contributed by atoms with Crippen LogP contribution in [0.3, 0.4) is 0 Å². The summed E-state index contributed by atoms with van der Waals surface area (Å²) in [6.45, 7) is 13.1. The average Bonchev–Trinajstić information content (AvgIpc) is 2.61. The zero-order valence-electron chi connectivity index (χ0n) is 16.5. The molecular weight excluding hydrogens is 331 g/mol. The van der Waals surface area contributed by atoms with Gasteiger partial charge in [-0.15, -0.1) is 0 Å². The van der Waals surface area contributed by atoms with Crippen molar-refractivity contribution in [1.82, 2.24) is 10.2 Å². The lowest BCUT2D eigenvalue weighted by Crippen LogP contribution is -2.52. The molecule has 0 spiro atoms. The van der Waals surface area contributed by atoms with Crippen molar-refractivity contribution < 1.29 is 9.18 Å². The van der Waals surface area contributed by atoms with Gasteiger partial charge in [0.05, 0.1) is 5.69 Å². The maximum atomic E-state index is 14.6. The molecule has 0 saturated carbocycles. The number of nitrogens with one attached hydrogen (secondary N) is 1. The molecule has 1 amide bonds. The predicted octanol–water partition coefficient (Wildman–Crippen LogP) is 2.46. The smallest absolute Gasteiger partial charge is 0.251 e. The van der Waals surface area contributed by atoms with Gasteiger partial charge in [0, 0.05) is 43.8 Å². The number of likely N-dealkylation sites (N-methyl/N-ethyl adjacent to an activating group) is 1. The second-order valence-electron chi connectivity index (χ2n) is 7.90. The molecule has 1 unspecified atom stereocenters. The maximum absolute atomic E-state index is 14.6. The van der Waals surface area contributed by atoms with Crippen molar-refractivity contribution in [3.63, 3.8) is 0 Å². The molecule has 0 bridgehead atoms. The van der Waals surface area contributed by atoms with Crippen molar-refractivity contribution in [2.24, 2.45) is 11.7 Å². The van der Waals surface area contributed by atoms with E-state index in [1.165, 1.54) is 6.07 Å². The highest BCUT2D eigenvalue weighted by atomic mass is 19.1. The first-order chi connectivity index (χ1) is 12.3. The molecule has 0 aliphatic carbocycles. The van der Waals surface area contributed by atoms with Crippen LogP contribution in [0.2, 0.25) is 0 Å². The second kappa shape index (κ2) is 8.82. The molecule has 1 saturated heterocycles. The molecule has 1 heterocycles. The van der Waals surface area contributed by atoms with Crippen LogP contribution in [0, 0.1) is 11.7 Å². The van der Waals surface area contributed by atoms with Crippen LogP contribution in [0.4, 0.5) is 10.1 Å². The number of carbonyl (C=O) groups is 1. The number of hydrogen-bond acceptors (Lipinski definition) is 4. The van der Waals surface area contributed by atoms with Gasteiger partial charge >= 0.3 is 0 Å². The van der Waals surface area contributed by atoms with Crippen molar-refractivity contribution in [3.8, 4) is 0 Å². The number of anilines is 1. The van der Waals surface area contributed by atoms with Gasteiger partial charge in [0.15, 0.2) is 0 Å². The molecule has 3 N–H and O–H groups in total. The lowest BCUT2D eigenvalue weighted by molar-refractivity contribution is 0.0898. The van der Waals surface area contributed by atoms with Gasteiger partial charge in [-0.1, -0.05) is 20.8 Å². The molecule has 2 rings (SSSR count). The first kappa shape index (κ1) is 20.6. The molecule has 1 aromatic carbocycles. The Bertz CT molecular complexity index is 614. The lowest BCUT2D eigenvalue weighted by atomic mass is 9.90. The third kappa shape index (κ3) is 5.17. The van der Waals surface area contributed by atoms with Crippen molar-refractivity contribution in [3.05, 3.63) is 29.6 Å². The van der Waals surface area contributed by atoms with E-state index >= 15 is 0 Å². The fraction of sp³-hybridized carbons (Fsp3) is 0.650. The van der Waals surface area contributed by atoms with Crippen LogP contribution in [-0.2, 0) is 0 Å². The summed E-state index contributed by atoms with van der Waals surface area (Å²) in [6.07, 6.45) is 0.775. The minimum absolute atomic E-state index is 0.278. The second-order valence-corrected chi connectivity index (χ2v) is 7.90. The number of carbonyl (C=O) groups excluding carboxylic acids is 1. The third-order valence-corrected chi connectivity index (χ3v) is 5.09. The number of amides is 1. The SMILES string of the molecule is CCN1CCN(c2ccc(C(=O)NC(C)(CN)CC(C)C)cc2F)CC1. The van der Waals surface area contributed by atoms with Crippen LogP contribution in [0.5, 0.6) is 0 Å². The highest BCUT2D eigenvalue weighted by molar-refractivity contribution is 5.95. The number of hydrogen-bond donors (Lipinski definition) is 2. The minimum atomic E-state index is -0.489. The highest BCUT2D eigenvalue weighted by Crippen LogP contribution is 2.23. The summed E-state index contributed by atoms with van der Waals surface area (Å²) < 4.78 is 14.6. The predicted molar refractivity (Wildman–Crippen MR) is 105 cm³/mol. The fourth-order valence-corrected chi connectivity index (χ4v) is 3.64. The molecule has 6 heteroatoms. The van der Waals surface area contributed by atoms with Crippen LogP contribution < -0.4 is 16.0 Å². The molecule has 5 nitrogen and oxygen atoms in total. The van der Waals surface area contributed by atoms with Crippen molar-refractivity contribution >= 4 is 11.6 Å². The normalized spacial score (nSPS) is 18.0. The summed E-state index contributed by atoms with van der Waals surface area (Å²) in [7, 11) is 0. The fourth-order valence-electron chi connectivity index (χ4n) is 3.64. The molecular formula is C20H33FN4O. The lowest BCUT2D eigenvalue weighted by Gasteiger charge is -2.35. The number of nitrogens with two attached hydrogens (primary N) is 1. The summed E-state index contributed by atoms with van der Waals surface area (Å²) >= 11 is 0. The van der Waals surface area contributed by atoms with Crippen LogP contribution in [0.15, 0.2) is 18.2 Å². The van der Waals surface area contributed by atoms with Crippen LogP contribution in [0.1, 0.15) is 44.5 Å². The molecule has 1 fully saturated rings. The number of benzene rings is 1. The van der Waals surface area contributed by atoms with Gasteiger partial charge in [-0.05, 0) is 44.0 Å². The maximum Gasteiger partial charge on any atom is 0.251 e. The summed E-state index contributed by atoms with van der Waals surface area (Å²) in [5.41, 5.74) is 6.27. The summed E-state index contributed by atoms with van der Waals surface area (Å²) in [4.78, 5) is 17.0. The van der Waals surface area contributed by atoms with Gasteiger partial charge in [0.2, 0.25) is 0 Å². The van der Waals surface area contributed by atoms with Crippen LogP contribution >= 0.6 is 0 Å². The van der Waals surface area contributed by atoms with E-state index in [9.17, 15) is 9.18 Å². The Balaban J connectivity index is 2.07. The quantitative estimate of drug-likeness (QED) is 0.780.